The van der Waals surface area contributed by atoms with Crippen LogP contribution in [0.5, 0.6) is 0 Å². The van der Waals surface area contributed by atoms with E-state index < -0.39 is 8.03 Å². The Balaban J connectivity index is 1.81. The molecule has 2 rings (SSSR count). The highest BCUT2D eigenvalue weighted by Crippen LogP contribution is 2.53. The van der Waals surface area contributed by atoms with E-state index in [9.17, 15) is 4.57 Å². The Morgan fingerprint density at radius 2 is 2.00 bits per heavy atom. The van der Waals surface area contributed by atoms with Crippen molar-refractivity contribution in [1.29, 1.82) is 0 Å². The standard InChI is InChI=1S/C15H29NO2PS/c1-12(2)11-18-19(17)10-7-13-14(3,4)20-15(16-13)8-5-6-9-15/h12-13,16H,5-11H2,1-4H3/q+1. The molecule has 0 aromatic rings. The van der Waals surface area contributed by atoms with E-state index in [4.69, 9.17) is 4.52 Å². The van der Waals surface area contributed by atoms with E-state index in [-0.39, 0.29) is 4.75 Å². The van der Waals surface area contributed by atoms with Crippen molar-refractivity contribution in [3.63, 3.8) is 0 Å². The number of nitrogens with one attached hydrogen (secondary N) is 1. The van der Waals surface area contributed by atoms with Gasteiger partial charge >= 0.3 is 8.03 Å². The van der Waals surface area contributed by atoms with Gasteiger partial charge < -0.3 is 0 Å². The second kappa shape index (κ2) is 6.64. The summed E-state index contributed by atoms with van der Waals surface area (Å²) in [6.45, 7) is 9.43. The lowest BCUT2D eigenvalue weighted by Gasteiger charge is -2.24. The van der Waals surface area contributed by atoms with E-state index in [1.165, 1.54) is 25.7 Å². The van der Waals surface area contributed by atoms with Crippen LogP contribution < -0.4 is 5.32 Å². The van der Waals surface area contributed by atoms with Gasteiger partial charge in [0, 0.05) is 17.2 Å². The highest BCUT2D eigenvalue weighted by molar-refractivity contribution is 8.02. The first-order chi connectivity index (χ1) is 9.33. The summed E-state index contributed by atoms with van der Waals surface area (Å²) in [6.07, 6.45) is 6.89. The summed E-state index contributed by atoms with van der Waals surface area (Å²) in [4.78, 5) is 0.304. The predicted molar refractivity (Wildman–Crippen MR) is 87.7 cm³/mol. The quantitative estimate of drug-likeness (QED) is 0.729. The maximum absolute atomic E-state index is 11.9. The Morgan fingerprint density at radius 1 is 1.35 bits per heavy atom. The van der Waals surface area contributed by atoms with Crippen molar-refractivity contribution >= 4 is 19.8 Å². The molecule has 0 aromatic heterocycles. The van der Waals surface area contributed by atoms with E-state index >= 15 is 0 Å². The van der Waals surface area contributed by atoms with E-state index in [0.29, 0.717) is 29.6 Å². The highest BCUT2D eigenvalue weighted by atomic mass is 32.2. The van der Waals surface area contributed by atoms with Crippen molar-refractivity contribution in [3.8, 4) is 0 Å². The molecule has 2 atom stereocenters. The monoisotopic (exact) mass is 318 g/mol. The van der Waals surface area contributed by atoms with Gasteiger partial charge in [0.05, 0.1) is 4.87 Å². The highest BCUT2D eigenvalue weighted by Gasteiger charge is 2.51. The molecule has 5 heteroatoms. The van der Waals surface area contributed by atoms with Gasteiger partial charge in [-0.2, -0.15) is 0 Å². The number of rotatable bonds is 6. The minimum Gasteiger partial charge on any atom is -0.298 e. The third-order valence-electron chi connectivity index (χ3n) is 4.30. The average molecular weight is 318 g/mol. The van der Waals surface area contributed by atoms with Crippen molar-refractivity contribution in [2.45, 2.75) is 75.5 Å². The molecule has 2 aliphatic rings. The largest absolute Gasteiger partial charge is 0.508 e. The summed E-state index contributed by atoms with van der Waals surface area (Å²) in [6, 6.07) is 0.451. The van der Waals surface area contributed by atoms with Crippen LogP contribution in [0.1, 0.15) is 59.8 Å². The number of hydrogen-bond acceptors (Lipinski definition) is 4. The Bertz CT molecular complexity index is 354. The van der Waals surface area contributed by atoms with Crippen molar-refractivity contribution in [3.05, 3.63) is 0 Å². The smallest absolute Gasteiger partial charge is 0.298 e. The predicted octanol–water partition coefficient (Wildman–Crippen LogP) is 4.55. The molecule has 0 radical (unpaired) electrons. The van der Waals surface area contributed by atoms with Crippen LogP contribution in [0.15, 0.2) is 0 Å². The molecule has 3 nitrogen and oxygen atoms in total. The van der Waals surface area contributed by atoms with E-state index in [0.717, 1.165) is 6.42 Å². The van der Waals surface area contributed by atoms with Gasteiger partial charge in [-0.3, -0.25) is 5.32 Å². The SMILES string of the molecule is CC(C)CO[P+](=O)CCC1NC2(CCCC2)SC1(C)C. The normalized spacial score (nSPS) is 28.4. The lowest BCUT2D eigenvalue weighted by Crippen LogP contribution is -2.42. The summed E-state index contributed by atoms with van der Waals surface area (Å²) in [5, 5.41) is 3.86. The molecule has 1 N–H and O–H groups in total. The summed E-state index contributed by atoms with van der Waals surface area (Å²) in [7, 11) is -1.49. The second-order valence-electron chi connectivity index (χ2n) is 7.14. The third kappa shape index (κ3) is 4.19. The van der Waals surface area contributed by atoms with Crippen molar-refractivity contribution in [1.82, 2.24) is 5.32 Å². The van der Waals surface area contributed by atoms with Crippen LogP contribution in [0.25, 0.3) is 0 Å². The molecule has 1 aliphatic carbocycles. The minimum absolute atomic E-state index is 0.235. The van der Waals surface area contributed by atoms with Crippen LogP contribution in [0.4, 0.5) is 0 Å². The molecule has 2 unspecified atom stereocenters. The van der Waals surface area contributed by atoms with E-state index in [2.05, 4.69) is 44.8 Å². The summed E-state index contributed by atoms with van der Waals surface area (Å²) < 4.78 is 17.6. The molecule has 0 amide bonds. The average Bonchev–Trinajstić information content (AvgIpc) is 2.89. The second-order valence-corrected chi connectivity index (χ2v) is 10.5. The molecule has 1 saturated carbocycles. The van der Waals surface area contributed by atoms with E-state index in [1.54, 1.807) is 0 Å². The van der Waals surface area contributed by atoms with Gasteiger partial charge in [-0.15, -0.1) is 16.3 Å². The lowest BCUT2D eigenvalue weighted by molar-refractivity contribution is 0.280. The Hall–Kier alpha value is 0.370. The third-order valence-corrected chi connectivity index (χ3v) is 7.09. The van der Waals surface area contributed by atoms with Crippen LogP contribution in [0.2, 0.25) is 0 Å². The summed E-state index contributed by atoms with van der Waals surface area (Å²) in [5.74, 6) is 0.451. The Morgan fingerprint density at radius 3 is 2.60 bits per heavy atom. The fraction of sp³-hybridized carbons (Fsp3) is 1.00. The van der Waals surface area contributed by atoms with Crippen molar-refractivity contribution in [2.75, 3.05) is 12.8 Å². The minimum atomic E-state index is -1.49. The first-order valence-electron chi connectivity index (χ1n) is 7.88. The van der Waals surface area contributed by atoms with E-state index in [1.807, 2.05) is 0 Å². The zero-order valence-corrected chi connectivity index (χ0v) is 15.0. The van der Waals surface area contributed by atoms with Gasteiger partial charge in [-0.25, -0.2) is 0 Å². The van der Waals surface area contributed by atoms with Crippen LogP contribution in [-0.2, 0) is 9.09 Å². The van der Waals surface area contributed by atoms with Gasteiger partial charge in [0.2, 0.25) is 0 Å². The summed E-state index contributed by atoms with van der Waals surface area (Å²) >= 11 is 2.11. The van der Waals surface area contributed by atoms with Gasteiger partial charge in [-0.1, -0.05) is 26.7 Å². The number of hydrogen-bond donors (Lipinski definition) is 1. The van der Waals surface area contributed by atoms with Crippen molar-refractivity contribution in [2.24, 2.45) is 5.92 Å². The van der Waals surface area contributed by atoms with Gasteiger partial charge in [-0.05, 0) is 37.2 Å². The lowest BCUT2D eigenvalue weighted by atomic mass is 10.00. The first kappa shape index (κ1) is 16.7. The fourth-order valence-corrected chi connectivity index (χ4v) is 6.32. The van der Waals surface area contributed by atoms with Gasteiger partial charge in [0.15, 0.2) is 6.16 Å². The van der Waals surface area contributed by atoms with Crippen LogP contribution in [0.3, 0.4) is 0 Å². The molecule has 0 aromatic carbocycles. The molecule has 1 spiro atoms. The fourth-order valence-electron chi connectivity index (χ4n) is 3.24. The topological polar surface area (TPSA) is 38.3 Å². The van der Waals surface area contributed by atoms with Crippen molar-refractivity contribution < 1.29 is 9.09 Å². The Labute approximate surface area is 128 Å². The molecule has 1 heterocycles. The van der Waals surface area contributed by atoms with Gasteiger partial charge in [0.25, 0.3) is 0 Å². The molecular formula is C15H29NO2PS+. The molecular weight excluding hydrogens is 289 g/mol. The molecule has 2 fully saturated rings. The number of thioether (sulfide) groups is 1. The van der Waals surface area contributed by atoms with Crippen LogP contribution in [-0.4, -0.2) is 28.4 Å². The molecule has 116 valence electrons. The first-order valence-corrected chi connectivity index (χ1v) is 10.1. The zero-order valence-electron chi connectivity index (χ0n) is 13.3. The maximum atomic E-state index is 11.9. The zero-order chi connectivity index (χ0) is 14.8. The van der Waals surface area contributed by atoms with Gasteiger partial charge in [0.1, 0.15) is 6.61 Å². The van der Waals surface area contributed by atoms with Crippen LogP contribution in [0, 0.1) is 5.92 Å². The summed E-state index contributed by atoms with van der Waals surface area (Å²) in [5.41, 5.74) is 0. The Kier molecular flexibility index (Phi) is 5.56. The molecule has 0 bridgehead atoms. The maximum Gasteiger partial charge on any atom is 0.508 e. The molecule has 1 saturated heterocycles. The molecule has 20 heavy (non-hydrogen) atoms. The van der Waals surface area contributed by atoms with Crippen LogP contribution >= 0.6 is 19.8 Å². The molecule has 1 aliphatic heterocycles.